The van der Waals surface area contributed by atoms with Crippen LogP contribution in [0.25, 0.3) is 6.08 Å². The number of halogens is 1. The molecule has 2 rings (SSSR count). The van der Waals surface area contributed by atoms with Gasteiger partial charge in [-0.25, -0.2) is 9.78 Å². The van der Waals surface area contributed by atoms with Crippen molar-refractivity contribution in [3.63, 3.8) is 0 Å². The van der Waals surface area contributed by atoms with Crippen molar-refractivity contribution in [2.45, 2.75) is 52.5 Å². The third-order valence-corrected chi connectivity index (χ3v) is 4.86. The monoisotopic (exact) mass is 336 g/mol. The molecule has 0 atom stereocenters. The van der Waals surface area contributed by atoms with E-state index in [0.29, 0.717) is 27.9 Å². The van der Waals surface area contributed by atoms with E-state index in [4.69, 9.17) is 16.7 Å². The fraction of sp³-hybridized carbons (Fsp3) is 0.556. The lowest BCUT2D eigenvalue weighted by Gasteiger charge is -2.37. The van der Waals surface area contributed by atoms with Gasteiger partial charge in [0, 0.05) is 18.3 Å². The topological polar surface area (TPSA) is 62.2 Å². The van der Waals surface area contributed by atoms with E-state index < -0.39 is 5.97 Å². The Hall–Kier alpha value is -1.55. The number of hydrogen-bond acceptors (Lipinski definition) is 3. The summed E-state index contributed by atoms with van der Waals surface area (Å²) < 4.78 is 0. The number of nitrogens with one attached hydrogen (secondary N) is 1. The van der Waals surface area contributed by atoms with Crippen LogP contribution in [0.1, 0.15) is 52.0 Å². The van der Waals surface area contributed by atoms with Crippen LogP contribution in [-0.4, -0.2) is 22.1 Å². The van der Waals surface area contributed by atoms with Gasteiger partial charge in [0.25, 0.3) is 0 Å². The quantitative estimate of drug-likeness (QED) is 0.771. The van der Waals surface area contributed by atoms with Crippen molar-refractivity contribution >= 4 is 29.5 Å². The molecule has 23 heavy (non-hydrogen) atoms. The number of anilines is 1. The molecule has 0 aliphatic heterocycles. The number of carbonyl (C=O) groups is 1. The first-order valence-electron chi connectivity index (χ1n) is 8.09. The van der Waals surface area contributed by atoms with Crippen molar-refractivity contribution in [2.75, 3.05) is 5.32 Å². The Morgan fingerprint density at radius 3 is 2.52 bits per heavy atom. The third kappa shape index (κ3) is 5.24. The molecule has 126 valence electrons. The number of nitrogens with zero attached hydrogens (tertiary/aromatic N) is 1. The predicted molar refractivity (Wildman–Crippen MR) is 94.7 cm³/mol. The number of aliphatic carboxylic acids is 1. The normalized spacial score (nSPS) is 22.3. The summed E-state index contributed by atoms with van der Waals surface area (Å²) in [4.78, 5) is 14.9. The van der Waals surface area contributed by atoms with Gasteiger partial charge in [-0.3, -0.25) is 0 Å². The van der Waals surface area contributed by atoms with E-state index in [9.17, 15) is 4.79 Å². The maximum absolute atomic E-state index is 10.5. The van der Waals surface area contributed by atoms with Gasteiger partial charge in [-0.15, -0.1) is 0 Å². The average Bonchev–Trinajstić information content (AvgIpc) is 2.47. The van der Waals surface area contributed by atoms with Gasteiger partial charge in [-0.1, -0.05) is 32.4 Å². The molecule has 0 aromatic carbocycles. The zero-order chi connectivity index (χ0) is 17.0. The van der Waals surface area contributed by atoms with Gasteiger partial charge in [0.2, 0.25) is 0 Å². The summed E-state index contributed by atoms with van der Waals surface area (Å²) in [6, 6.07) is 2.14. The maximum Gasteiger partial charge on any atom is 0.328 e. The minimum absolute atomic E-state index is 0.374. The smallest absolute Gasteiger partial charge is 0.328 e. The molecule has 1 heterocycles. The molecule has 1 saturated carbocycles. The molecule has 4 nitrogen and oxygen atoms in total. The maximum atomic E-state index is 10.5. The van der Waals surface area contributed by atoms with Crippen LogP contribution < -0.4 is 5.32 Å². The van der Waals surface area contributed by atoms with Crippen molar-refractivity contribution in [2.24, 2.45) is 11.3 Å². The lowest BCUT2D eigenvalue weighted by atomic mass is 9.71. The first-order valence-corrected chi connectivity index (χ1v) is 8.46. The second-order valence-corrected chi connectivity index (χ2v) is 7.74. The van der Waals surface area contributed by atoms with Crippen LogP contribution in [0, 0.1) is 11.3 Å². The van der Waals surface area contributed by atoms with E-state index in [0.717, 1.165) is 24.8 Å². The van der Waals surface area contributed by atoms with E-state index in [-0.39, 0.29) is 0 Å². The minimum Gasteiger partial charge on any atom is -0.478 e. The molecule has 1 aromatic rings. The Morgan fingerprint density at radius 2 is 2.00 bits per heavy atom. The number of rotatable bonds is 4. The summed E-state index contributed by atoms with van der Waals surface area (Å²) in [7, 11) is 0. The molecule has 0 unspecified atom stereocenters. The van der Waals surface area contributed by atoms with Gasteiger partial charge in [-0.2, -0.15) is 0 Å². The van der Waals surface area contributed by atoms with Crippen LogP contribution in [0.4, 0.5) is 5.82 Å². The van der Waals surface area contributed by atoms with Crippen LogP contribution in [0.15, 0.2) is 18.3 Å². The van der Waals surface area contributed by atoms with Crippen LogP contribution >= 0.6 is 11.6 Å². The van der Waals surface area contributed by atoms with Crippen molar-refractivity contribution in [3.8, 4) is 0 Å². The molecule has 0 saturated heterocycles. The zero-order valence-corrected chi connectivity index (χ0v) is 14.7. The highest BCUT2D eigenvalue weighted by molar-refractivity contribution is 6.33. The summed E-state index contributed by atoms with van der Waals surface area (Å²) >= 11 is 6.26. The Bertz CT molecular complexity index is 585. The molecule has 0 spiro atoms. The van der Waals surface area contributed by atoms with E-state index in [1.807, 2.05) is 0 Å². The molecule has 1 aliphatic rings. The lowest BCUT2D eigenvalue weighted by molar-refractivity contribution is -0.131. The average molecular weight is 337 g/mol. The summed E-state index contributed by atoms with van der Waals surface area (Å²) in [6.07, 6.45) is 8.89. The first kappa shape index (κ1) is 17.8. The minimum atomic E-state index is -0.987. The highest BCUT2D eigenvalue weighted by Gasteiger charge is 2.29. The third-order valence-electron chi connectivity index (χ3n) is 4.57. The number of carboxylic acids is 1. The van der Waals surface area contributed by atoms with Crippen molar-refractivity contribution in [3.05, 3.63) is 28.9 Å². The molecule has 5 heteroatoms. The summed E-state index contributed by atoms with van der Waals surface area (Å²) in [6.45, 7) is 6.94. The Morgan fingerprint density at radius 1 is 1.35 bits per heavy atom. The molecule has 1 aliphatic carbocycles. The fourth-order valence-corrected chi connectivity index (χ4v) is 3.34. The summed E-state index contributed by atoms with van der Waals surface area (Å²) in [5.41, 5.74) is 1.05. The largest absolute Gasteiger partial charge is 0.478 e. The molecule has 0 radical (unpaired) electrons. The van der Waals surface area contributed by atoms with Crippen molar-refractivity contribution in [1.82, 2.24) is 4.98 Å². The standard InChI is InChI=1S/C18H25ClN2O2/c1-18(2,3)13-5-7-14(8-6-13)21-17-15(19)10-12(11-20-17)4-9-16(22)23/h4,9-11,13-14H,5-8H2,1-3H3,(H,20,21)(H,22,23)/b9-4+. The molecular weight excluding hydrogens is 312 g/mol. The molecule has 0 amide bonds. The highest BCUT2D eigenvalue weighted by Crippen LogP contribution is 2.38. The van der Waals surface area contributed by atoms with Gasteiger partial charge >= 0.3 is 5.97 Å². The Kier molecular flexibility index (Phi) is 5.69. The van der Waals surface area contributed by atoms with Gasteiger partial charge in [0.15, 0.2) is 0 Å². The van der Waals surface area contributed by atoms with Gasteiger partial charge < -0.3 is 10.4 Å². The first-order chi connectivity index (χ1) is 10.8. The number of hydrogen-bond donors (Lipinski definition) is 2. The fourth-order valence-electron chi connectivity index (χ4n) is 3.11. The van der Waals surface area contributed by atoms with Crippen LogP contribution in [0.3, 0.4) is 0 Å². The van der Waals surface area contributed by atoms with Crippen molar-refractivity contribution < 1.29 is 9.90 Å². The van der Waals surface area contributed by atoms with E-state index in [1.165, 1.54) is 18.9 Å². The highest BCUT2D eigenvalue weighted by atomic mass is 35.5. The number of aromatic nitrogens is 1. The molecular formula is C18H25ClN2O2. The van der Waals surface area contributed by atoms with Gasteiger partial charge in [-0.05, 0) is 54.7 Å². The van der Waals surface area contributed by atoms with E-state index in [2.05, 4.69) is 31.1 Å². The predicted octanol–water partition coefficient (Wildman–Crippen LogP) is 4.85. The van der Waals surface area contributed by atoms with Gasteiger partial charge in [0.05, 0.1) is 5.02 Å². The Labute approximate surface area is 143 Å². The van der Waals surface area contributed by atoms with Crippen molar-refractivity contribution in [1.29, 1.82) is 0 Å². The Balaban J connectivity index is 1.95. The molecule has 0 bridgehead atoms. The van der Waals surface area contributed by atoms with Crippen LogP contribution in [0.5, 0.6) is 0 Å². The second-order valence-electron chi connectivity index (χ2n) is 7.33. The van der Waals surface area contributed by atoms with Crippen LogP contribution in [0.2, 0.25) is 5.02 Å². The van der Waals surface area contributed by atoms with Gasteiger partial charge in [0.1, 0.15) is 5.82 Å². The number of carboxylic acid groups (broad SMARTS) is 1. The lowest BCUT2D eigenvalue weighted by Crippen LogP contribution is -2.31. The van der Waals surface area contributed by atoms with Crippen LogP contribution in [-0.2, 0) is 4.79 Å². The summed E-state index contributed by atoms with van der Waals surface area (Å²) in [5, 5.41) is 12.6. The molecule has 2 N–H and O–H groups in total. The zero-order valence-electron chi connectivity index (χ0n) is 14.0. The summed E-state index contributed by atoms with van der Waals surface area (Å²) in [5.74, 6) is 0.463. The second kappa shape index (κ2) is 7.35. The number of pyridine rings is 1. The van der Waals surface area contributed by atoms with E-state index >= 15 is 0 Å². The molecule has 1 aromatic heterocycles. The van der Waals surface area contributed by atoms with E-state index in [1.54, 1.807) is 12.3 Å². The molecule has 1 fully saturated rings. The SMILES string of the molecule is CC(C)(C)C1CCC(Nc2ncc(/C=C/C(=O)O)cc2Cl)CC1.